The Kier molecular flexibility index (Phi) is 3.63. The average Bonchev–Trinajstić information content (AvgIpc) is 2.18. The van der Waals surface area contributed by atoms with E-state index in [-0.39, 0.29) is 0 Å². The normalized spacial score (nSPS) is 22.7. The summed E-state index contributed by atoms with van der Waals surface area (Å²) in [5.74, 6) is 0. The lowest BCUT2D eigenvalue weighted by molar-refractivity contribution is 0.280. The number of benzene rings is 1. The van der Waals surface area contributed by atoms with E-state index in [9.17, 15) is 0 Å². The molecule has 1 aromatic rings. The summed E-state index contributed by atoms with van der Waals surface area (Å²) in [5, 5.41) is 0. The quantitative estimate of drug-likeness (QED) is 0.522. The Hall–Kier alpha value is -0.770. The fourth-order valence-corrected chi connectivity index (χ4v) is 2.35. The molecule has 0 spiro atoms. The SMILES string of the molecule is C1=CCO[S+](c2ccccc2)OCC1. The van der Waals surface area contributed by atoms with Gasteiger partial charge in [-0.15, -0.1) is 8.37 Å². The highest BCUT2D eigenvalue weighted by Gasteiger charge is 2.27. The molecule has 0 amide bonds. The zero-order valence-corrected chi connectivity index (χ0v) is 8.70. The molecule has 0 fully saturated rings. The molecule has 1 aliphatic heterocycles. The van der Waals surface area contributed by atoms with Crippen LogP contribution in [0.1, 0.15) is 6.42 Å². The van der Waals surface area contributed by atoms with Gasteiger partial charge in [0.05, 0.1) is 0 Å². The summed E-state index contributed by atoms with van der Waals surface area (Å²) >= 11 is -0.488. The summed E-state index contributed by atoms with van der Waals surface area (Å²) in [6.07, 6.45) is 5.11. The standard InChI is InChI=1S/C11H13O2S/c1-3-7-11(8-4-1)14-12-9-5-2-6-10-13-14/h1-5,7-8H,6,9-10H2/q+1. The number of hydrogen-bond donors (Lipinski definition) is 0. The van der Waals surface area contributed by atoms with Crippen LogP contribution in [0.2, 0.25) is 0 Å². The largest absolute Gasteiger partial charge is 0.356 e. The third-order valence-electron chi connectivity index (χ3n) is 1.85. The molecule has 1 aromatic carbocycles. The molecule has 2 nitrogen and oxygen atoms in total. The topological polar surface area (TPSA) is 18.5 Å². The van der Waals surface area contributed by atoms with E-state index in [2.05, 4.69) is 6.08 Å². The highest BCUT2D eigenvalue weighted by atomic mass is 32.2. The lowest BCUT2D eigenvalue weighted by Crippen LogP contribution is -2.14. The van der Waals surface area contributed by atoms with Crippen molar-refractivity contribution in [2.45, 2.75) is 11.3 Å². The Bertz CT molecular complexity index is 297. The predicted octanol–water partition coefficient (Wildman–Crippen LogP) is 2.49. The van der Waals surface area contributed by atoms with Crippen molar-refractivity contribution in [3.05, 3.63) is 42.5 Å². The van der Waals surface area contributed by atoms with Gasteiger partial charge in [0.1, 0.15) is 13.2 Å². The lowest BCUT2D eigenvalue weighted by Gasteiger charge is -2.04. The van der Waals surface area contributed by atoms with E-state index in [0.717, 1.165) is 17.9 Å². The second-order valence-electron chi connectivity index (χ2n) is 2.91. The van der Waals surface area contributed by atoms with Crippen LogP contribution >= 0.6 is 0 Å². The van der Waals surface area contributed by atoms with Crippen LogP contribution in [0.4, 0.5) is 0 Å². The lowest BCUT2D eigenvalue weighted by atomic mass is 10.4. The van der Waals surface area contributed by atoms with Crippen molar-refractivity contribution >= 4 is 11.5 Å². The minimum atomic E-state index is -0.488. The fraction of sp³-hybridized carbons (Fsp3) is 0.273. The van der Waals surface area contributed by atoms with Crippen LogP contribution in [0, 0.1) is 0 Å². The Balaban J connectivity index is 2.06. The molecule has 0 N–H and O–H groups in total. The monoisotopic (exact) mass is 209 g/mol. The minimum Gasteiger partial charge on any atom is -0.135 e. The average molecular weight is 209 g/mol. The zero-order chi connectivity index (χ0) is 9.64. The van der Waals surface area contributed by atoms with E-state index in [1.807, 2.05) is 36.4 Å². The van der Waals surface area contributed by atoms with Crippen LogP contribution in [0.15, 0.2) is 47.4 Å². The molecule has 2 rings (SSSR count). The van der Waals surface area contributed by atoms with Crippen LogP contribution in [0.5, 0.6) is 0 Å². The second kappa shape index (κ2) is 5.20. The Labute approximate surface area is 87.3 Å². The van der Waals surface area contributed by atoms with E-state index in [0.29, 0.717) is 6.61 Å². The third-order valence-corrected chi connectivity index (χ3v) is 3.24. The van der Waals surface area contributed by atoms with Crippen molar-refractivity contribution in [3.8, 4) is 0 Å². The van der Waals surface area contributed by atoms with E-state index >= 15 is 0 Å². The van der Waals surface area contributed by atoms with Gasteiger partial charge >= 0.3 is 11.5 Å². The molecule has 1 unspecified atom stereocenters. The molecule has 1 atom stereocenters. The molecule has 14 heavy (non-hydrogen) atoms. The van der Waals surface area contributed by atoms with E-state index in [1.165, 1.54) is 0 Å². The van der Waals surface area contributed by atoms with Crippen molar-refractivity contribution in [2.75, 3.05) is 13.2 Å². The van der Waals surface area contributed by atoms with Crippen LogP contribution in [-0.4, -0.2) is 13.2 Å². The van der Waals surface area contributed by atoms with Crippen LogP contribution in [-0.2, 0) is 19.8 Å². The van der Waals surface area contributed by atoms with Gasteiger partial charge in [0, 0.05) is 12.1 Å². The summed E-state index contributed by atoms with van der Waals surface area (Å²) < 4.78 is 11.2. The van der Waals surface area contributed by atoms with Gasteiger partial charge in [-0.25, -0.2) is 0 Å². The van der Waals surface area contributed by atoms with Gasteiger partial charge in [0.2, 0.25) is 4.90 Å². The maximum absolute atomic E-state index is 5.62. The van der Waals surface area contributed by atoms with Gasteiger partial charge in [0.25, 0.3) is 0 Å². The molecule has 0 saturated carbocycles. The molecule has 74 valence electrons. The molecular weight excluding hydrogens is 196 g/mol. The van der Waals surface area contributed by atoms with Crippen molar-refractivity contribution in [3.63, 3.8) is 0 Å². The van der Waals surface area contributed by atoms with Gasteiger partial charge in [-0.1, -0.05) is 30.4 Å². The van der Waals surface area contributed by atoms with Gasteiger partial charge in [-0.2, -0.15) is 0 Å². The second-order valence-corrected chi connectivity index (χ2v) is 4.33. The molecule has 1 heterocycles. The smallest absolute Gasteiger partial charge is 0.135 e. The van der Waals surface area contributed by atoms with Gasteiger partial charge in [-0.3, -0.25) is 0 Å². The number of hydrogen-bond acceptors (Lipinski definition) is 2. The molecule has 0 radical (unpaired) electrons. The first-order valence-corrected chi connectivity index (χ1v) is 5.75. The minimum absolute atomic E-state index is 0.488. The summed E-state index contributed by atoms with van der Waals surface area (Å²) in [6, 6.07) is 10.1. The summed E-state index contributed by atoms with van der Waals surface area (Å²) in [4.78, 5) is 1.11. The molecule has 0 bridgehead atoms. The summed E-state index contributed by atoms with van der Waals surface area (Å²) in [5.41, 5.74) is 0. The van der Waals surface area contributed by atoms with E-state index < -0.39 is 11.5 Å². The zero-order valence-electron chi connectivity index (χ0n) is 7.89. The Morgan fingerprint density at radius 2 is 1.86 bits per heavy atom. The summed E-state index contributed by atoms with van der Waals surface area (Å²) in [6.45, 7) is 1.37. The van der Waals surface area contributed by atoms with Gasteiger partial charge in [0.15, 0.2) is 0 Å². The molecule has 0 aromatic heterocycles. The first-order chi connectivity index (χ1) is 6.97. The fourth-order valence-electron chi connectivity index (χ4n) is 1.18. The predicted molar refractivity (Wildman–Crippen MR) is 57.7 cm³/mol. The highest BCUT2D eigenvalue weighted by molar-refractivity contribution is 7.87. The van der Waals surface area contributed by atoms with Crippen LogP contribution in [0.25, 0.3) is 0 Å². The number of rotatable bonds is 1. The first-order valence-electron chi connectivity index (χ1n) is 4.68. The highest BCUT2D eigenvalue weighted by Crippen LogP contribution is 2.17. The Morgan fingerprint density at radius 3 is 2.71 bits per heavy atom. The van der Waals surface area contributed by atoms with Gasteiger partial charge in [-0.05, 0) is 6.42 Å². The maximum Gasteiger partial charge on any atom is 0.356 e. The van der Waals surface area contributed by atoms with E-state index in [4.69, 9.17) is 8.37 Å². The van der Waals surface area contributed by atoms with Crippen molar-refractivity contribution in [1.29, 1.82) is 0 Å². The summed E-state index contributed by atoms with van der Waals surface area (Å²) in [7, 11) is 0. The molecule has 0 aliphatic carbocycles. The van der Waals surface area contributed by atoms with Gasteiger partial charge < -0.3 is 0 Å². The molecule has 1 aliphatic rings. The molecular formula is C11H13O2S+. The first kappa shape index (κ1) is 9.77. The van der Waals surface area contributed by atoms with Crippen LogP contribution < -0.4 is 0 Å². The van der Waals surface area contributed by atoms with Crippen molar-refractivity contribution < 1.29 is 8.37 Å². The third kappa shape index (κ3) is 2.61. The van der Waals surface area contributed by atoms with Crippen LogP contribution in [0.3, 0.4) is 0 Å². The Morgan fingerprint density at radius 1 is 1.00 bits per heavy atom. The van der Waals surface area contributed by atoms with E-state index in [1.54, 1.807) is 0 Å². The van der Waals surface area contributed by atoms with Crippen molar-refractivity contribution in [1.82, 2.24) is 0 Å². The van der Waals surface area contributed by atoms with Crippen molar-refractivity contribution in [2.24, 2.45) is 0 Å². The molecule has 0 saturated heterocycles. The molecule has 3 heteroatoms. The maximum atomic E-state index is 5.62.